The van der Waals surface area contributed by atoms with E-state index in [1.807, 2.05) is 47.3 Å². The summed E-state index contributed by atoms with van der Waals surface area (Å²) in [5, 5.41) is 8.53. The third-order valence-electron chi connectivity index (χ3n) is 4.21. The van der Waals surface area contributed by atoms with Gasteiger partial charge >= 0.3 is 0 Å². The van der Waals surface area contributed by atoms with Gasteiger partial charge in [-0.15, -0.1) is 5.10 Å². The maximum atomic E-state index is 4.34. The van der Waals surface area contributed by atoms with Crippen molar-refractivity contribution in [2.24, 2.45) is 0 Å². The molecule has 0 atom stereocenters. The van der Waals surface area contributed by atoms with Crippen LogP contribution < -0.4 is 0 Å². The highest BCUT2D eigenvalue weighted by molar-refractivity contribution is 9.10. The van der Waals surface area contributed by atoms with E-state index >= 15 is 0 Å². The van der Waals surface area contributed by atoms with Crippen molar-refractivity contribution in [3.63, 3.8) is 0 Å². The summed E-state index contributed by atoms with van der Waals surface area (Å²) in [7, 11) is 0. The Morgan fingerprint density at radius 3 is 1.84 bits per heavy atom. The molecule has 0 fully saturated rings. The molecule has 0 aliphatic carbocycles. The van der Waals surface area contributed by atoms with Crippen molar-refractivity contribution in [3.8, 4) is 5.69 Å². The number of nitrogens with zero attached hydrogens (tertiary/aromatic N) is 3. The highest BCUT2D eigenvalue weighted by atomic mass is 79.9. The van der Waals surface area contributed by atoms with Gasteiger partial charge in [0.05, 0.1) is 23.5 Å². The van der Waals surface area contributed by atoms with Crippen LogP contribution in [0.25, 0.3) is 5.69 Å². The second-order valence-corrected chi connectivity index (χ2v) is 6.72. The molecular formula is C21H16BrN3. The summed E-state index contributed by atoms with van der Waals surface area (Å²) in [6, 6.07) is 29.1. The topological polar surface area (TPSA) is 30.7 Å². The molecule has 0 amide bonds. The van der Waals surface area contributed by atoms with Gasteiger partial charge in [-0.2, -0.15) is 0 Å². The van der Waals surface area contributed by atoms with Crippen LogP contribution in [0.3, 0.4) is 0 Å². The predicted molar refractivity (Wildman–Crippen MR) is 103 cm³/mol. The molecule has 0 bridgehead atoms. The van der Waals surface area contributed by atoms with Crippen LogP contribution in [0.4, 0.5) is 0 Å². The first-order valence-corrected chi connectivity index (χ1v) is 8.88. The summed E-state index contributed by atoms with van der Waals surface area (Å²) in [6.45, 7) is 0. The minimum atomic E-state index is 0.0704. The largest absolute Gasteiger partial charge is 0.217 e. The van der Waals surface area contributed by atoms with E-state index in [1.165, 1.54) is 11.1 Å². The van der Waals surface area contributed by atoms with Crippen LogP contribution in [0.5, 0.6) is 0 Å². The van der Waals surface area contributed by atoms with Gasteiger partial charge in [0.25, 0.3) is 0 Å². The summed E-state index contributed by atoms with van der Waals surface area (Å²) >= 11 is 3.48. The Morgan fingerprint density at radius 2 is 1.28 bits per heavy atom. The van der Waals surface area contributed by atoms with E-state index in [1.54, 1.807) is 0 Å². The van der Waals surface area contributed by atoms with Crippen molar-refractivity contribution in [3.05, 3.63) is 112 Å². The van der Waals surface area contributed by atoms with Gasteiger partial charge in [0.15, 0.2) is 0 Å². The van der Waals surface area contributed by atoms with Gasteiger partial charge in [0, 0.05) is 4.47 Å². The van der Waals surface area contributed by atoms with Gasteiger partial charge in [-0.25, -0.2) is 4.68 Å². The van der Waals surface area contributed by atoms with Crippen molar-refractivity contribution in [1.82, 2.24) is 15.0 Å². The van der Waals surface area contributed by atoms with Gasteiger partial charge in [-0.05, 0) is 35.4 Å². The third-order valence-corrected chi connectivity index (χ3v) is 4.74. The molecule has 0 saturated carbocycles. The minimum absolute atomic E-state index is 0.0704. The lowest BCUT2D eigenvalue weighted by atomic mass is 9.88. The van der Waals surface area contributed by atoms with Gasteiger partial charge in [0.2, 0.25) is 0 Å². The van der Waals surface area contributed by atoms with E-state index in [0.29, 0.717) is 0 Å². The van der Waals surface area contributed by atoms with Crippen LogP contribution in [0.1, 0.15) is 22.7 Å². The third kappa shape index (κ3) is 3.26. The monoisotopic (exact) mass is 389 g/mol. The van der Waals surface area contributed by atoms with Crippen LogP contribution in [0.2, 0.25) is 0 Å². The molecular weight excluding hydrogens is 374 g/mol. The van der Waals surface area contributed by atoms with Crippen molar-refractivity contribution < 1.29 is 0 Å². The Labute approximate surface area is 155 Å². The van der Waals surface area contributed by atoms with Crippen molar-refractivity contribution in [2.75, 3.05) is 0 Å². The number of halogens is 1. The zero-order chi connectivity index (χ0) is 17.1. The van der Waals surface area contributed by atoms with E-state index in [9.17, 15) is 0 Å². The number of rotatable bonds is 4. The standard InChI is InChI=1S/C21H16BrN3/c22-18-11-13-19(14-12-18)25-20(15-23-24-25)21(16-7-3-1-4-8-16)17-9-5-2-6-10-17/h1-15,21H. The average Bonchev–Trinajstić information content (AvgIpc) is 3.14. The Hall–Kier alpha value is -2.72. The molecule has 0 saturated heterocycles. The van der Waals surface area contributed by atoms with E-state index in [4.69, 9.17) is 0 Å². The molecule has 0 aliphatic heterocycles. The Morgan fingerprint density at radius 1 is 0.720 bits per heavy atom. The number of aromatic nitrogens is 3. The zero-order valence-corrected chi connectivity index (χ0v) is 15.0. The summed E-state index contributed by atoms with van der Waals surface area (Å²) < 4.78 is 2.96. The summed E-state index contributed by atoms with van der Waals surface area (Å²) in [5.41, 5.74) is 4.47. The maximum absolute atomic E-state index is 4.34. The number of hydrogen-bond donors (Lipinski definition) is 0. The van der Waals surface area contributed by atoms with E-state index < -0.39 is 0 Å². The Balaban J connectivity index is 1.87. The highest BCUT2D eigenvalue weighted by Gasteiger charge is 2.21. The Bertz CT molecular complexity index is 908. The van der Waals surface area contributed by atoms with Crippen LogP contribution >= 0.6 is 15.9 Å². The van der Waals surface area contributed by atoms with Gasteiger partial charge in [0.1, 0.15) is 0 Å². The number of benzene rings is 3. The van der Waals surface area contributed by atoms with Crippen molar-refractivity contribution >= 4 is 15.9 Å². The fraction of sp³-hybridized carbons (Fsp3) is 0.0476. The molecule has 4 heteroatoms. The van der Waals surface area contributed by atoms with Gasteiger partial charge < -0.3 is 0 Å². The first kappa shape index (κ1) is 15.8. The highest BCUT2D eigenvalue weighted by Crippen LogP contribution is 2.32. The lowest BCUT2D eigenvalue weighted by Crippen LogP contribution is -2.10. The number of hydrogen-bond acceptors (Lipinski definition) is 2. The molecule has 3 nitrogen and oxygen atoms in total. The first-order valence-electron chi connectivity index (χ1n) is 8.09. The average molecular weight is 390 g/mol. The molecule has 0 N–H and O–H groups in total. The second kappa shape index (κ2) is 7.03. The smallest absolute Gasteiger partial charge is 0.0764 e. The van der Waals surface area contributed by atoms with Crippen molar-refractivity contribution in [1.29, 1.82) is 0 Å². The molecule has 0 aliphatic rings. The van der Waals surface area contributed by atoms with Gasteiger partial charge in [-0.1, -0.05) is 81.8 Å². The maximum Gasteiger partial charge on any atom is 0.0764 e. The zero-order valence-electron chi connectivity index (χ0n) is 13.5. The molecule has 25 heavy (non-hydrogen) atoms. The molecule has 4 aromatic rings. The summed E-state index contributed by atoms with van der Waals surface area (Å²) in [5.74, 6) is 0.0704. The van der Waals surface area contributed by atoms with E-state index in [0.717, 1.165) is 15.9 Å². The van der Waals surface area contributed by atoms with E-state index in [2.05, 4.69) is 74.8 Å². The van der Waals surface area contributed by atoms with Crippen molar-refractivity contribution in [2.45, 2.75) is 5.92 Å². The van der Waals surface area contributed by atoms with E-state index in [-0.39, 0.29) is 5.92 Å². The predicted octanol–water partition coefficient (Wildman–Crippen LogP) is 5.21. The second-order valence-electron chi connectivity index (χ2n) is 5.80. The van der Waals surface area contributed by atoms with Crippen LogP contribution in [-0.2, 0) is 0 Å². The molecule has 122 valence electrons. The SMILES string of the molecule is Brc1ccc(-n2nncc2C(c2ccccc2)c2ccccc2)cc1. The van der Waals surface area contributed by atoms with Crippen LogP contribution in [-0.4, -0.2) is 15.0 Å². The lowest BCUT2D eigenvalue weighted by Gasteiger charge is -2.19. The molecule has 0 spiro atoms. The molecule has 1 heterocycles. The minimum Gasteiger partial charge on any atom is -0.217 e. The lowest BCUT2D eigenvalue weighted by molar-refractivity contribution is 0.747. The van der Waals surface area contributed by atoms with Gasteiger partial charge in [-0.3, -0.25) is 0 Å². The van der Waals surface area contributed by atoms with Crippen LogP contribution in [0, 0.1) is 0 Å². The molecule has 0 radical (unpaired) electrons. The first-order chi connectivity index (χ1) is 12.3. The Kier molecular flexibility index (Phi) is 4.44. The summed E-state index contributed by atoms with van der Waals surface area (Å²) in [4.78, 5) is 0. The van der Waals surface area contributed by atoms with Crippen LogP contribution in [0.15, 0.2) is 95.6 Å². The normalized spacial score (nSPS) is 11.0. The molecule has 4 rings (SSSR count). The fourth-order valence-corrected chi connectivity index (χ4v) is 3.31. The quantitative estimate of drug-likeness (QED) is 0.479. The molecule has 0 unspecified atom stereocenters. The molecule has 3 aromatic carbocycles. The summed E-state index contributed by atoms with van der Waals surface area (Å²) in [6.07, 6.45) is 1.85. The fourth-order valence-electron chi connectivity index (χ4n) is 3.05. The molecule has 1 aromatic heterocycles.